The molecule has 3 saturated heterocycles. The number of carbonyl (C=O) groups excluding carboxylic acids is 1. The molecule has 3 aliphatic heterocycles. The van der Waals surface area contributed by atoms with Gasteiger partial charge in [0.25, 0.3) is 0 Å². The van der Waals surface area contributed by atoms with Gasteiger partial charge in [0.2, 0.25) is 5.95 Å². The second kappa shape index (κ2) is 7.53. The molecule has 138 valence electrons. The number of hydrogen-bond donors (Lipinski definition) is 0. The summed E-state index contributed by atoms with van der Waals surface area (Å²) >= 11 is 1.49. The van der Waals surface area contributed by atoms with Gasteiger partial charge in [-0.2, -0.15) is 0 Å². The zero-order valence-electron chi connectivity index (χ0n) is 14.7. The first-order chi connectivity index (χ1) is 12.2. The minimum absolute atomic E-state index is 0.134. The average molecular weight is 366 g/mol. The summed E-state index contributed by atoms with van der Waals surface area (Å²) in [4.78, 5) is 14.2. The van der Waals surface area contributed by atoms with Crippen LogP contribution in [0.4, 0.5) is 5.95 Å². The lowest BCUT2D eigenvalue weighted by Crippen LogP contribution is -2.35. The Balaban J connectivity index is 1.55. The molecule has 0 amide bonds. The third kappa shape index (κ3) is 3.79. The maximum absolute atomic E-state index is 11.8. The summed E-state index contributed by atoms with van der Waals surface area (Å²) in [5.74, 6) is 1.56. The largest absolute Gasteiger partial charge is 0.465 e. The van der Waals surface area contributed by atoms with Gasteiger partial charge in [-0.1, -0.05) is 18.7 Å². The molecule has 0 unspecified atom stereocenters. The standard InChI is InChI=1S/C17H26N4O3S/c1-12-4-7-20(8-5-12)16-18-19-17(25-14-6-10-24-15(14)22)21(16)11-13-3-2-9-23-13/h12-14H,2-11H2,1H3/t13-,14+/m1/s1. The lowest BCUT2D eigenvalue weighted by Gasteiger charge is -2.31. The highest BCUT2D eigenvalue weighted by atomic mass is 32.2. The molecule has 4 rings (SSSR count). The van der Waals surface area contributed by atoms with Crippen LogP contribution in [0.25, 0.3) is 0 Å². The third-order valence-electron chi connectivity index (χ3n) is 5.31. The molecule has 3 aliphatic rings. The molecule has 0 saturated carbocycles. The fraction of sp³-hybridized carbons (Fsp3) is 0.824. The minimum Gasteiger partial charge on any atom is -0.465 e. The van der Waals surface area contributed by atoms with Gasteiger partial charge < -0.3 is 14.4 Å². The van der Waals surface area contributed by atoms with E-state index in [1.807, 2.05) is 0 Å². The number of aromatic nitrogens is 3. The highest BCUT2D eigenvalue weighted by Crippen LogP contribution is 2.32. The topological polar surface area (TPSA) is 69.5 Å². The zero-order valence-corrected chi connectivity index (χ0v) is 15.5. The Bertz CT molecular complexity index is 609. The molecule has 0 spiro atoms. The lowest BCUT2D eigenvalue weighted by atomic mass is 10.00. The van der Waals surface area contributed by atoms with E-state index in [4.69, 9.17) is 9.47 Å². The predicted molar refractivity (Wildman–Crippen MR) is 94.8 cm³/mol. The van der Waals surface area contributed by atoms with Crippen molar-refractivity contribution in [1.29, 1.82) is 0 Å². The highest BCUT2D eigenvalue weighted by Gasteiger charge is 2.32. The minimum atomic E-state index is -0.165. The maximum atomic E-state index is 11.8. The van der Waals surface area contributed by atoms with E-state index in [1.165, 1.54) is 24.6 Å². The Kier molecular flexibility index (Phi) is 5.17. The van der Waals surface area contributed by atoms with E-state index in [1.54, 1.807) is 0 Å². The zero-order chi connectivity index (χ0) is 17.2. The number of hydrogen-bond acceptors (Lipinski definition) is 7. The van der Waals surface area contributed by atoms with Crippen molar-refractivity contribution < 1.29 is 14.3 Å². The third-order valence-corrected chi connectivity index (χ3v) is 6.53. The monoisotopic (exact) mass is 366 g/mol. The number of rotatable bonds is 5. The quantitative estimate of drug-likeness (QED) is 0.739. The van der Waals surface area contributed by atoms with E-state index in [2.05, 4.69) is 26.6 Å². The Morgan fingerprint density at radius 2 is 2.00 bits per heavy atom. The van der Waals surface area contributed by atoms with Crippen molar-refractivity contribution in [3.8, 4) is 0 Å². The Morgan fingerprint density at radius 1 is 1.16 bits per heavy atom. The summed E-state index contributed by atoms with van der Waals surface area (Å²) in [5.41, 5.74) is 0. The fourth-order valence-corrected chi connectivity index (χ4v) is 4.68. The van der Waals surface area contributed by atoms with Gasteiger partial charge in [-0.05, 0) is 31.6 Å². The summed E-state index contributed by atoms with van der Waals surface area (Å²) in [5, 5.41) is 9.55. The fourth-order valence-electron chi connectivity index (χ4n) is 3.67. The Morgan fingerprint density at radius 3 is 2.68 bits per heavy atom. The average Bonchev–Trinajstić information content (AvgIpc) is 3.34. The molecule has 0 bridgehead atoms. The van der Waals surface area contributed by atoms with Gasteiger partial charge in [-0.3, -0.25) is 9.36 Å². The summed E-state index contributed by atoms with van der Waals surface area (Å²) in [6.45, 7) is 6.44. The smallest absolute Gasteiger partial charge is 0.319 e. The first-order valence-electron chi connectivity index (χ1n) is 9.34. The van der Waals surface area contributed by atoms with Crippen molar-refractivity contribution in [2.45, 2.75) is 62.1 Å². The Labute approximate surface area is 152 Å². The number of nitrogens with zero attached hydrogens (tertiary/aromatic N) is 4. The van der Waals surface area contributed by atoms with Crippen LogP contribution in [0.1, 0.15) is 39.0 Å². The van der Waals surface area contributed by atoms with Gasteiger partial charge in [-0.15, -0.1) is 10.2 Å². The number of ether oxygens (including phenoxy) is 2. The number of carbonyl (C=O) groups is 1. The van der Waals surface area contributed by atoms with Crippen LogP contribution in [0, 0.1) is 5.92 Å². The second-order valence-corrected chi connectivity index (χ2v) is 8.43. The summed E-state index contributed by atoms with van der Waals surface area (Å²) in [6, 6.07) is 0. The molecule has 4 heterocycles. The van der Waals surface area contributed by atoms with Crippen molar-refractivity contribution >= 4 is 23.7 Å². The number of piperidine rings is 1. The predicted octanol–water partition coefficient (Wildman–Crippen LogP) is 2.10. The van der Waals surface area contributed by atoms with Crippen molar-refractivity contribution in [1.82, 2.24) is 14.8 Å². The van der Waals surface area contributed by atoms with E-state index in [9.17, 15) is 4.79 Å². The molecule has 0 aromatic carbocycles. The van der Waals surface area contributed by atoms with Gasteiger partial charge in [0.15, 0.2) is 5.16 Å². The summed E-state index contributed by atoms with van der Waals surface area (Å²) < 4.78 is 13.1. The second-order valence-electron chi connectivity index (χ2n) is 7.26. The molecule has 25 heavy (non-hydrogen) atoms. The molecule has 0 radical (unpaired) electrons. The van der Waals surface area contributed by atoms with E-state index in [0.29, 0.717) is 6.61 Å². The summed E-state index contributed by atoms with van der Waals surface area (Å²) in [6.07, 6.45) is 5.51. The number of esters is 1. The van der Waals surface area contributed by atoms with E-state index in [0.717, 1.165) is 62.5 Å². The van der Waals surface area contributed by atoms with Crippen LogP contribution in [0.3, 0.4) is 0 Å². The molecule has 8 heteroatoms. The van der Waals surface area contributed by atoms with Gasteiger partial charge in [-0.25, -0.2) is 0 Å². The van der Waals surface area contributed by atoms with Crippen molar-refractivity contribution in [2.24, 2.45) is 5.92 Å². The van der Waals surface area contributed by atoms with Crippen LogP contribution in [0.2, 0.25) is 0 Å². The number of thioether (sulfide) groups is 1. The van der Waals surface area contributed by atoms with E-state index >= 15 is 0 Å². The normalized spacial score (nSPS) is 27.9. The van der Waals surface area contributed by atoms with Crippen molar-refractivity contribution in [3.05, 3.63) is 0 Å². The van der Waals surface area contributed by atoms with Crippen LogP contribution in [-0.2, 0) is 20.8 Å². The molecular weight excluding hydrogens is 340 g/mol. The first kappa shape index (κ1) is 17.1. The summed E-state index contributed by atoms with van der Waals surface area (Å²) in [7, 11) is 0. The first-order valence-corrected chi connectivity index (χ1v) is 10.2. The maximum Gasteiger partial charge on any atom is 0.319 e. The number of anilines is 1. The van der Waals surface area contributed by atoms with E-state index in [-0.39, 0.29) is 17.3 Å². The van der Waals surface area contributed by atoms with Crippen LogP contribution in [0.15, 0.2) is 5.16 Å². The van der Waals surface area contributed by atoms with Gasteiger partial charge in [0.1, 0.15) is 5.25 Å². The van der Waals surface area contributed by atoms with Crippen LogP contribution in [0.5, 0.6) is 0 Å². The van der Waals surface area contributed by atoms with Crippen LogP contribution >= 0.6 is 11.8 Å². The van der Waals surface area contributed by atoms with Gasteiger partial charge in [0.05, 0.1) is 19.3 Å². The molecule has 0 N–H and O–H groups in total. The molecule has 1 aromatic heterocycles. The molecule has 0 aliphatic carbocycles. The molecule has 1 aromatic rings. The molecule has 2 atom stereocenters. The Hall–Kier alpha value is -1.28. The van der Waals surface area contributed by atoms with Crippen LogP contribution in [-0.4, -0.2) is 58.4 Å². The van der Waals surface area contributed by atoms with E-state index < -0.39 is 0 Å². The molecule has 3 fully saturated rings. The van der Waals surface area contributed by atoms with Crippen molar-refractivity contribution in [2.75, 3.05) is 31.2 Å². The van der Waals surface area contributed by atoms with Gasteiger partial charge >= 0.3 is 5.97 Å². The SMILES string of the molecule is CC1CCN(c2nnc(S[C@H]3CCOC3=O)n2C[C@H]2CCCO2)CC1. The lowest BCUT2D eigenvalue weighted by molar-refractivity contribution is -0.137. The van der Waals surface area contributed by atoms with Crippen molar-refractivity contribution in [3.63, 3.8) is 0 Å². The van der Waals surface area contributed by atoms with Crippen LogP contribution < -0.4 is 4.90 Å². The molecular formula is C17H26N4O3S. The molecule has 7 nitrogen and oxygen atoms in total. The van der Waals surface area contributed by atoms with Gasteiger partial charge in [0, 0.05) is 26.1 Å². The number of cyclic esters (lactones) is 1. The highest BCUT2D eigenvalue weighted by molar-refractivity contribution is 8.00.